The Morgan fingerprint density at radius 3 is 2.47 bits per heavy atom. The number of hydrogen-bond donors (Lipinski definition) is 1. The number of para-hydroxylation sites is 1. The van der Waals surface area contributed by atoms with E-state index in [4.69, 9.17) is 0 Å². The minimum Gasteiger partial charge on any atom is -0.504 e. The Balaban J connectivity index is 2.55. The molecule has 78 valence electrons. The van der Waals surface area contributed by atoms with Crippen LogP contribution in [-0.4, -0.2) is 14.9 Å². The van der Waals surface area contributed by atoms with E-state index in [1.807, 2.05) is 44.2 Å². The Kier molecular flexibility index (Phi) is 2.46. The third kappa shape index (κ3) is 1.61. The first-order valence-corrected chi connectivity index (χ1v) is 5.07. The molecule has 0 saturated heterocycles. The van der Waals surface area contributed by atoms with Gasteiger partial charge in [0.25, 0.3) is 0 Å². The predicted molar refractivity (Wildman–Crippen MR) is 59.3 cm³/mol. The second kappa shape index (κ2) is 3.77. The summed E-state index contributed by atoms with van der Waals surface area (Å²) >= 11 is 0. The molecule has 1 heterocycles. The van der Waals surface area contributed by atoms with Gasteiger partial charge in [-0.2, -0.15) is 5.10 Å². The van der Waals surface area contributed by atoms with Crippen LogP contribution in [0.15, 0.2) is 30.3 Å². The van der Waals surface area contributed by atoms with Crippen LogP contribution in [0.3, 0.4) is 0 Å². The van der Waals surface area contributed by atoms with Crippen molar-refractivity contribution in [1.82, 2.24) is 9.78 Å². The lowest BCUT2D eigenvalue weighted by Crippen LogP contribution is -1.98. The Morgan fingerprint density at radius 2 is 1.93 bits per heavy atom. The highest BCUT2D eigenvalue weighted by Gasteiger charge is 2.12. The zero-order valence-electron chi connectivity index (χ0n) is 8.94. The van der Waals surface area contributed by atoms with E-state index in [9.17, 15) is 5.11 Å². The van der Waals surface area contributed by atoms with Crippen molar-refractivity contribution >= 4 is 0 Å². The lowest BCUT2D eigenvalue weighted by Gasteiger charge is -2.02. The van der Waals surface area contributed by atoms with Crippen molar-refractivity contribution < 1.29 is 5.11 Å². The predicted octanol–water partition coefficient (Wildman–Crippen LogP) is 2.45. The van der Waals surface area contributed by atoms with Gasteiger partial charge in [0.15, 0.2) is 5.75 Å². The number of aromatic hydroxyl groups is 1. The van der Waals surface area contributed by atoms with E-state index in [1.54, 1.807) is 4.68 Å². The SMILES string of the molecule is CCc1nn(-c2ccccc2)c(C)c1O. The zero-order valence-corrected chi connectivity index (χ0v) is 8.94. The smallest absolute Gasteiger partial charge is 0.160 e. The largest absolute Gasteiger partial charge is 0.504 e. The Hall–Kier alpha value is -1.77. The molecule has 1 aromatic carbocycles. The van der Waals surface area contributed by atoms with Crippen molar-refractivity contribution in [3.63, 3.8) is 0 Å². The van der Waals surface area contributed by atoms with Crippen molar-refractivity contribution in [3.8, 4) is 11.4 Å². The zero-order chi connectivity index (χ0) is 10.8. The quantitative estimate of drug-likeness (QED) is 0.812. The van der Waals surface area contributed by atoms with Gasteiger partial charge in [0.1, 0.15) is 5.69 Å². The van der Waals surface area contributed by atoms with Crippen molar-refractivity contribution in [2.24, 2.45) is 0 Å². The Bertz CT molecular complexity index is 460. The second-order valence-electron chi connectivity index (χ2n) is 3.48. The number of nitrogens with zero attached hydrogens (tertiary/aromatic N) is 2. The van der Waals surface area contributed by atoms with Crippen molar-refractivity contribution in [2.75, 3.05) is 0 Å². The average Bonchev–Trinajstić information content (AvgIpc) is 2.57. The van der Waals surface area contributed by atoms with Crippen LogP contribution in [0.1, 0.15) is 18.3 Å². The maximum Gasteiger partial charge on any atom is 0.160 e. The van der Waals surface area contributed by atoms with E-state index in [0.29, 0.717) is 5.75 Å². The van der Waals surface area contributed by atoms with Crippen LogP contribution in [0.4, 0.5) is 0 Å². The number of aromatic nitrogens is 2. The molecule has 1 N–H and O–H groups in total. The van der Waals surface area contributed by atoms with Crippen LogP contribution in [0.2, 0.25) is 0 Å². The van der Waals surface area contributed by atoms with Crippen LogP contribution < -0.4 is 0 Å². The third-order valence-corrected chi connectivity index (χ3v) is 2.49. The molecule has 0 saturated carbocycles. The monoisotopic (exact) mass is 202 g/mol. The lowest BCUT2D eigenvalue weighted by atomic mass is 10.3. The molecule has 2 aromatic rings. The summed E-state index contributed by atoms with van der Waals surface area (Å²) in [5.41, 5.74) is 2.51. The molecule has 0 unspecified atom stereocenters. The van der Waals surface area contributed by atoms with Gasteiger partial charge in [0, 0.05) is 0 Å². The minimum absolute atomic E-state index is 0.307. The van der Waals surface area contributed by atoms with E-state index in [-0.39, 0.29) is 0 Å². The summed E-state index contributed by atoms with van der Waals surface area (Å²) in [6.07, 6.45) is 0.743. The molecule has 0 radical (unpaired) electrons. The highest BCUT2D eigenvalue weighted by atomic mass is 16.3. The van der Waals surface area contributed by atoms with Crippen LogP contribution in [-0.2, 0) is 6.42 Å². The number of benzene rings is 1. The minimum atomic E-state index is 0.307. The fourth-order valence-electron chi connectivity index (χ4n) is 1.61. The first kappa shape index (κ1) is 9.77. The van der Waals surface area contributed by atoms with Gasteiger partial charge in [0.2, 0.25) is 0 Å². The standard InChI is InChI=1S/C12H14N2O/c1-3-11-12(15)9(2)14(13-11)10-7-5-4-6-8-10/h4-8,15H,3H2,1-2H3. The van der Waals surface area contributed by atoms with Gasteiger partial charge in [-0.3, -0.25) is 0 Å². The van der Waals surface area contributed by atoms with Gasteiger partial charge in [-0.25, -0.2) is 4.68 Å². The van der Waals surface area contributed by atoms with Crippen molar-refractivity contribution in [1.29, 1.82) is 0 Å². The Morgan fingerprint density at radius 1 is 1.27 bits per heavy atom. The van der Waals surface area contributed by atoms with Crippen molar-refractivity contribution in [2.45, 2.75) is 20.3 Å². The van der Waals surface area contributed by atoms with Gasteiger partial charge in [0.05, 0.1) is 11.4 Å². The summed E-state index contributed by atoms with van der Waals surface area (Å²) in [5, 5.41) is 14.2. The fourth-order valence-corrected chi connectivity index (χ4v) is 1.61. The molecule has 0 spiro atoms. The highest BCUT2D eigenvalue weighted by Crippen LogP contribution is 2.24. The first-order chi connectivity index (χ1) is 7.24. The van der Waals surface area contributed by atoms with Crippen LogP contribution in [0, 0.1) is 6.92 Å². The molecule has 0 amide bonds. The van der Waals surface area contributed by atoms with Crippen LogP contribution in [0.25, 0.3) is 5.69 Å². The van der Waals surface area contributed by atoms with E-state index in [1.165, 1.54) is 0 Å². The van der Waals surface area contributed by atoms with Gasteiger partial charge in [-0.05, 0) is 25.5 Å². The number of rotatable bonds is 2. The van der Waals surface area contributed by atoms with Crippen molar-refractivity contribution in [3.05, 3.63) is 41.7 Å². The molecule has 15 heavy (non-hydrogen) atoms. The summed E-state index contributed by atoms with van der Waals surface area (Å²) in [5.74, 6) is 0.307. The molecule has 0 fully saturated rings. The molecule has 0 atom stereocenters. The number of hydrogen-bond acceptors (Lipinski definition) is 2. The van der Waals surface area contributed by atoms with Gasteiger partial charge in [-0.1, -0.05) is 25.1 Å². The molecule has 0 aliphatic heterocycles. The van der Waals surface area contributed by atoms with Crippen LogP contribution >= 0.6 is 0 Å². The van der Waals surface area contributed by atoms with E-state index < -0.39 is 0 Å². The topological polar surface area (TPSA) is 38.0 Å². The molecule has 3 nitrogen and oxygen atoms in total. The molecular formula is C12H14N2O. The molecule has 1 aromatic heterocycles. The van der Waals surface area contributed by atoms with E-state index in [2.05, 4.69) is 5.10 Å². The van der Waals surface area contributed by atoms with Gasteiger partial charge >= 0.3 is 0 Å². The van der Waals surface area contributed by atoms with Gasteiger partial charge < -0.3 is 5.11 Å². The normalized spacial score (nSPS) is 10.5. The number of aryl methyl sites for hydroxylation is 1. The first-order valence-electron chi connectivity index (χ1n) is 5.07. The molecule has 0 bridgehead atoms. The molecule has 2 rings (SSSR count). The Labute approximate surface area is 89.0 Å². The maximum absolute atomic E-state index is 9.80. The molecule has 3 heteroatoms. The average molecular weight is 202 g/mol. The molecular weight excluding hydrogens is 188 g/mol. The lowest BCUT2D eigenvalue weighted by molar-refractivity contribution is 0.464. The van der Waals surface area contributed by atoms with E-state index in [0.717, 1.165) is 23.5 Å². The molecule has 0 aliphatic carbocycles. The summed E-state index contributed by atoms with van der Waals surface area (Å²) < 4.78 is 1.77. The summed E-state index contributed by atoms with van der Waals surface area (Å²) in [4.78, 5) is 0. The summed E-state index contributed by atoms with van der Waals surface area (Å²) in [6, 6.07) is 9.82. The maximum atomic E-state index is 9.80. The summed E-state index contributed by atoms with van der Waals surface area (Å²) in [7, 11) is 0. The second-order valence-corrected chi connectivity index (χ2v) is 3.48. The fraction of sp³-hybridized carbons (Fsp3) is 0.250. The van der Waals surface area contributed by atoms with Gasteiger partial charge in [-0.15, -0.1) is 0 Å². The third-order valence-electron chi connectivity index (χ3n) is 2.49. The highest BCUT2D eigenvalue weighted by molar-refractivity contribution is 5.39. The van der Waals surface area contributed by atoms with Crippen LogP contribution in [0.5, 0.6) is 5.75 Å². The summed E-state index contributed by atoms with van der Waals surface area (Å²) in [6.45, 7) is 3.85. The van der Waals surface area contributed by atoms with E-state index >= 15 is 0 Å². The molecule has 0 aliphatic rings.